The molecule has 0 aliphatic heterocycles. The summed E-state index contributed by atoms with van der Waals surface area (Å²) < 4.78 is 0. The lowest BCUT2D eigenvalue weighted by atomic mass is 10.2. The maximum Gasteiger partial charge on any atom is 0.162 e. The largest absolute Gasteiger partial charge is 0.368 e. The minimum absolute atomic E-state index is 0.744. The fourth-order valence-electron chi connectivity index (χ4n) is 1.77. The van der Waals surface area contributed by atoms with Crippen LogP contribution in [0.15, 0.2) is 37.2 Å². The number of nitrogens with zero attached hydrogens (tertiary/aromatic N) is 4. The molecular formula is C12H12N6. The number of rotatable bonds is 4. The molecule has 0 bridgehead atoms. The van der Waals surface area contributed by atoms with E-state index < -0.39 is 0 Å². The van der Waals surface area contributed by atoms with Gasteiger partial charge in [-0.15, -0.1) is 0 Å². The van der Waals surface area contributed by atoms with Crippen molar-refractivity contribution in [2.24, 2.45) is 0 Å². The van der Waals surface area contributed by atoms with Crippen LogP contribution in [0.5, 0.6) is 0 Å². The summed E-state index contributed by atoms with van der Waals surface area (Å²) in [6.45, 7) is 0.782. The zero-order chi connectivity index (χ0) is 12.2. The summed E-state index contributed by atoms with van der Waals surface area (Å²) in [6.07, 6.45) is 7.67. The van der Waals surface area contributed by atoms with Crippen LogP contribution < -0.4 is 5.32 Å². The molecule has 3 heterocycles. The second kappa shape index (κ2) is 4.79. The normalized spacial score (nSPS) is 10.7. The molecule has 3 aromatic heterocycles. The van der Waals surface area contributed by atoms with Crippen molar-refractivity contribution < 1.29 is 0 Å². The molecule has 0 aliphatic carbocycles. The molecule has 6 heteroatoms. The summed E-state index contributed by atoms with van der Waals surface area (Å²) in [6, 6.07) is 3.99. The van der Waals surface area contributed by atoms with Gasteiger partial charge in [-0.1, -0.05) is 6.07 Å². The summed E-state index contributed by atoms with van der Waals surface area (Å²) in [5, 5.41) is 3.26. The maximum absolute atomic E-state index is 4.19. The number of imidazole rings is 1. The van der Waals surface area contributed by atoms with Crippen LogP contribution in [0.25, 0.3) is 11.2 Å². The number of aromatic nitrogens is 5. The third kappa shape index (κ3) is 2.13. The molecule has 0 radical (unpaired) electrons. The molecular weight excluding hydrogens is 228 g/mol. The van der Waals surface area contributed by atoms with Gasteiger partial charge in [0.2, 0.25) is 0 Å². The van der Waals surface area contributed by atoms with Gasteiger partial charge in [0.25, 0.3) is 0 Å². The predicted octanol–water partition coefficient (Wildman–Crippen LogP) is 1.40. The molecule has 0 unspecified atom stereocenters. The highest BCUT2D eigenvalue weighted by Gasteiger charge is 2.04. The first-order valence-electron chi connectivity index (χ1n) is 5.70. The Morgan fingerprint density at radius 1 is 1.22 bits per heavy atom. The van der Waals surface area contributed by atoms with Crippen LogP contribution in [0.2, 0.25) is 0 Å². The third-order valence-electron chi connectivity index (χ3n) is 2.65. The fourth-order valence-corrected chi connectivity index (χ4v) is 1.77. The van der Waals surface area contributed by atoms with Gasteiger partial charge in [-0.3, -0.25) is 4.98 Å². The number of pyridine rings is 1. The van der Waals surface area contributed by atoms with Crippen molar-refractivity contribution >= 4 is 17.0 Å². The van der Waals surface area contributed by atoms with E-state index in [9.17, 15) is 0 Å². The van der Waals surface area contributed by atoms with Crippen LogP contribution in [0.4, 0.5) is 5.82 Å². The second-order valence-corrected chi connectivity index (χ2v) is 3.86. The Hall–Kier alpha value is -2.50. The van der Waals surface area contributed by atoms with Crippen LogP contribution in [0.3, 0.4) is 0 Å². The zero-order valence-electron chi connectivity index (χ0n) is 9.67. The fraction of sp³-hybridized carbons (Fsp3) is 0.167. The van der Waals surface area contributed by atoms with Gasteiger partial charge in [0, 0.05) is 18.9 Å². The standard InChI is InChI=1S/C12H12N6/c1-2-9(6-13-4-1)3-5-14-11-10-12(16-7-15-10)18-8-17-11/h1-2,4,6-8H,3,5H2,(H2,14,15,16,17,18). The lowest BCUT2D eigenvalue weighted by Crippen LogP contribution is -2.07. The molecule has 0 fully saturated rings. The van der Waals surface area contributed by atoms with Crippen molar-refractivity contribution in [1.29, 1.82) is 0 Å². The van der Waals surface area contributed by atoms with E-state index in [2.05, 4.69) is 36.3 Å². The van der Waals surface area contributed by atoms with E-state index >= 15 is 0 Å². The molecule has 2 N–H and O–H groups in total. The highest BCUT2D eigenvalue weighted by atomic mass is 15.1. The van der Waals surface area contributed by atoms with Gasteiger partial charge in [0.1, 0.15) is 11.8 Å². The molecule has 90 valence electrons. The van der Waals surface area contributed by atoms with Crippen molar-refractivity contribution in [3.8, 4) is 0 Å². The van der Waals surface area contributed by atoms with E-state index in [1.54, 1.807) is 12.5 Å². The number of fused-ring (bicyclic) bond motifs is 1. The van der Waals surface area contributed by atoms with E-state index in [0.717, 1.165) is 29.9 Å². The zero-order valence-corrected chi connectivity index (χ0v) is 9.67. The average molecular weight is 240 g/mol. The van der Waals surface area contributed by atoms with Gasteiger partial charge in [-0.05, 0) is 18.1 Å². The molecule has 0 aromatic carbocycles. The smallest absolute Gasteiger partial charge is 0.162 e. The Labute approximate surface area is 104 Å². The lowest BCUT2D eigenvalue weighted by molar-refractivity contribution is 0.992. The maximum atomic E-state index is 4.19. The summed E-state index contributed by atoms with van der Waals surface area (Å²) in [7, 11) is 0. The SMILES string of the molecule is c1cncc(CCNc2ncnc3[nH]cnc23)c1. The predicted molar refractivity (Wildman–Crippen MR) is 68.1 cm³/mol. The minimum atomic E-state index is 0.744. The number of hydrogen-bond acceptors (Lipinski definition) is 5. The van der Waals surface area contributed by atoms with Crippen molar-refractivity contribution in [2.75, 3.05) is 11.9 Å². The van der Waals surface area contributed by atoms with Crippen LogP contribution in [0, 0.1) is 0 Å². The Balaban J connectivity index is 1.68. The van der Waals surface area contributed by atoms with Crippen LogP contribution in [-0.2, 0) is 6.42 Å². The summed E-state index contributed by atoms with van der Waals surface area (Å²) in [4.78, 5) is 19.5. The molecule has 0 aliphatic rings. The van der Waals surface area contributed by atoms with Crippen LogP contribution in [-0.4, -0.2) is 31.5 Å². The van der Waals surface area contributed by atoms with E-state index in [1.807, 2.05) is 12.3 Å². The lowest BCUT2D eigenvalue weighted by Gasteiger charge is -2.05. The Bertz CT molecular complexity index is 633. The van der Waals surface area contributed by atoms with Gasteiger partial charge in [-0.2, -0.15) is 0 Å². The van der Waals surface area contributed by atoms with Gasteiger partial charge in [0.05, 0.1) is 6.33 Å². The molecule has 6 nitrogen and oxygen atoms in total. The Morgan fingerprint density at radius 2 is 2.22 bits per heavy atom. The number of nitrogens with one attached hydrogen (secondary N) is 2. The first-order chi connectivity index (χ1) is 8.93. The highest BCUT2D eigenvalue weighted by molar-refractivity contribution is 5.81. The van der Waals surface area contributed by atoms with Gasteiger partial charge in [0.15, 0.2) is 11.5 Å². The minimum Gasteiger partial charge on any atom is -0.368 e. The van der Waals surface area contributed by atoms with Crippen molar-refractivity contribution in [3.05, 3.63) is 42.7 Å². The number of aromatic amines is 1. The first kappa shape index (κ1) is 10.6. The van der Waals surface area contributed by atoms with Crippen molar-refractivity contribution in [3.63, 3.8) is 0 Å². The van der Waals surface area contributed by atoms with Crippen molar-refractivity contribution in [1.82, 2.24) is 24.9 Å². The van der Waals surface area contributed by atoms with E-state index in [1.165, 1.54) is 11.9 Å². The first-order valence-corrected chi connectivity index (χ1v) is 5.70. The number of H-pyrrole nitrogens is 1. The molecule has 3 rings (SSSR count). The van der Waals surface area contributed by atoms with Crippen molar-refractivity contribution in [2.45, 2.75) is 6.42 Å². The summed E-state index contributed by atoms with van der Waals surface area (Å²) >= 11 is 0. The molecule has 0 amide bonds. The topological polar surface area (TPSA) is 79.4 Å². The Morgan fingerprint density at radius 3 is 3.11 bits per heavy atom. The molecule has 3 aromatic rings. The molecule has 0 saturated heterocycles. The van der Waals surface area contributed by atoms with Gasteiger partial charge >= 0.3 is 0 Å². The Kier molecular flexibility index (Phi) is 2.83. The summed E-state index contributed by atoms with van der Waals surface area (Å²) in [5.74, 6) is 0.755. The third-order valence-corrected chi connectivity index (χ3v) is 2.65. The monoisotopic (exact) mass is 240 g/mol. The van der Waals surface area contributed by atoms with Gasteiger partial charge < -0.3 is 10.3 Å². The van der Waals surface area contributed by atoms with E-state index in [0.29, 0.717) is 0 Å². The average Bonchev–Trinajstić information content (AvgIpc) is 2.89. The van der Waals surface area contributed by atoms with E-state index in [4.69, 9.17) is 0 Å². The molecule has 0 atom stereocenters. The second-order valence-electron chi connectivity index (χ2n) is 3.86. The van der Waals surface area contributed by atoms with E-state index in [-0.39, 0.29) is 0 Å². The van der Waals surface area contributed by atoms with Crippen LogP contribution >= 0.6 is 0 Å². The van der Waals surface area contributed by atoms with Gasteiger partial charge in [-0.25, -0.2) is 15.0 Å². The van der Waals surface area contributed by atoms with Crippen LogP contribution in [0.1, 0.15) is 5.56 Å². The number of hydrogen-bond donors (Lipinski definition) is 2. The molecule has 0 saturated carbocycles. The highest BCUT2D eigenvalue weighted by Crippen LogP contribution is 2.14. The molecule has 18 heavy (non-hydrogen) atoms. The number of anilines is 1. The quantitative estimate of drug-likeness (QED) is 0.720. The summed E-state index contributed by atoms with van der Waals surface area (Å²) in [5.41, 5.74) is 2.70. The molecule has 0 spiro atoms.